The summed E-state index contributed by atoms with van der Waals surface area (Å²) in [6.45, 7) is 6.47. The van der Waals surface area contributed by atoms with Crippen LogP contribution in [0.3, 0.4) is 0 Å². The summed E-state index contributed by atoms with van der Waals surface area (Å²) in [5.41, 5.74) is 4.98. The van der Waals surface area contributed by atoms with Crippen LogP contribution in [0.1, 0.15) is 30.0 Å². The molecule has 0 radical (unpaired) electrons. The molecule has 90 valence electrons. The number of nitrogens with zero attached hydrogens (tertiary/aromatic N) is 1. The van der Waals surface area contributed by atoms with Crippen LogP contribution in [-0.2, 0) is 6.42 Å². The predicted molar refractivity (Wildman–Crippen MR) is 74.8 cm³/mol. The van der Waals surface area contributed by atoms with Crippen LogP contribution in [-0.4, -0.2) is 12.0 Å². The number of anilines is 1. The summed E-state index contributed by atoms with van der Waals surface area (Å²) in [4.78, 5) is 4.76. The number of aromatic nitrogens is 1. The Labute approximate surface area is 103 Å². The number of aryl methyl sites for hydroxylation is 3. The van der Waals surface area contributed by atoms with Gasteiger partial charge in [-0.1, -0.05) is 25.5 Å². The minimum Gasteiger partial charge on any atom is -0.373 e. The van der Waals surface area contributed by atoms with E-state index < -0.39 is 0 Å². The Hall–Kier alpha value is -1.57. The molecule has 2 aromatic rings. The maximum absolute atomic E-state index is 4.76. The first-order chi connectivity index (χ1) is 8.17. The molecule has 2 heteroatoms. The third-order valence-electron chi connectivity index (χ3n) is 3.24. The van der Waals surface area contributed by atoms with Crippen molar-refractivity contribution in [3.8, 4) is 0 Å². The van der Waals surface area contributed by atoms with Gasteiger partial charge in [-0.25, -0.2) is 4.98 Å². The lowest BCUT2D eigenvalue weighted by atomic mass is 10.0. The van der Waals surface area contributed by atoms with E-state index in [1.165, 1.54) is 22.1 Å². The second kappa shape index (κ2) is 4.74. The number of fused-ring (bicyclic) bond motifs is 1. The van der Waals surface area contributed by atoms with Crippen molar-refractivity contribution in [2.45, 2.75) is 33.6 Å². The van der Waals surface area contributed by atoms with E-state index >= 15 is 0 Å². The van der Waals surface area contributed by atoms with Gasteiger partial charge in [-0.15, -0.1) is 0 Å². The normalized spacial score (nSPS) is 10.8. The van der Waals surface area contributed by atoms with Crippen molar-refractivity contribution in [3.63, 3.8) is 0 Å². The van der Waals surface area contributed by atoms with Crippen molar-refractivity contribution in [2.24, 2.45) is 0 Å². The van der Waals surface area contributed by atoms with Gasteiger partial charge in [-0.2, -0.15) is 0 Å². The van der Waals surface area contributed by atoms with Crippen LogP contribution in [0.5, 0.6) is 0 Å². The summed E-state index contributed by atoms with van der Waals surface area (Å²) in [5, 5.41) is 4.49. The standard InChI is InChI=1S/C15H20N2/c1-5-6-12-9-13-10(2)7-8-11(3)14(13)17-15(12)16-4/h7-9H,5-6H2,1-4H3,(H,16,17). The van der Waals surface area contributed by atoms with E-state index in [0.717, 1.165) is 24.2 Å². The second-order valence-corrected chi connectivity index (χ2v) is 4.59. The van der Waals surface area contributed by atoms with Crippen LogP contribution in [0.15, 0.2) is 18.2 Å². The van der Waals surface area contributed by atoms with Gasteiger partial charge >= 0.3 is 0 Å². The Balaban J connectivity index is 2.73. The number of pyridine rings is 1. The second-order valence-electron chi connectivity index (χ2n) is 4.59. The summed E-state index contributed by atoms with van der Waals surface area (Å²) in [6, 6.07) is 6.61. The molecule has 0 saturated carbocycles. The van der Waals surface area contributed by atoms with Gasteiger partial charge in [-0.3, -0.25) is 0 Å². The molecule has 0 saturated heterocycles. The summed E-state index contributed by atoms with van der Waals surface area (Å²) in [7, 11) is 1.94. The number of hydrogen-bond acceptors (Lipinski definition) is 2. The van der Waals surface area contributed by atoms with Crippen LogP contribution in [0.25, 0.3) is 10.9 Å². The first kappa shape index (κ1) is 11.9. The van der Waals surface area contributed by atoms with E-state index in [1.54, 1.807) is 0 Å². The smallest absolute Gasteiger partial charge is 0.129 e. The highest BCUT2D eigenvalue weighted by Crippen LogP contribution is 2.26. The van der Waals surface area contributed by atoms with Crippen LogP contribution >= 0.6 is 0 Å². The third-order valence-corrected chi connectivity index (χ3v) is 3.24. The highest BCUT2D eigenvalue weighted by molar-refractivity contribution is 5.87. The fraction of sp³-hybridized carbons (Fsp3) is 0.400. The van der Waals surface area contributed by atoms with Gasteiger partial charge in [0.1, 0.15) is 5.82 Å². The van der Waals surface area contributed by atoms with Gasteiger partial charge in [0.2, 0.25) is 0 Å². The monoisotopic (exact) mass is 228 g/mol. The number of benzene rings is 1. The van der Waals surface area contributed by atoms with Crippen LogP contribution in [0.2, 0.25) is 0 Å². The van der Waals surface area contributed by atoms with Crippen molar-refractivity contribution in [1.29, 1.82) is 0 Å². The molecule has 0 aliphatic carbocycles. The van der Waals surface area contributed by atoms with E-state index in [9.17, 15) is 0 Å². The van der Waals surface area contributed by atoms with E-state index in [1.807, 2.05) is 7.05 Å². The maximum Gasteiger partial charge on any atom is 0.129 e. The summed E-state index contributed by atoms with van der Waals surface area (Å²) >= 11 is 0. The lowest BCUT2D eigenvalue weighted by Gasteiger charge is -2.12. The Morgan fingerprint density at radius 1 is 1.18 bits per heavy atom. The molecule has 2 rings (SSSR count). The van der Waals surface area contributed by atoms with Gasteiger partial charge in [0.25, 0.3) is 0 Å². The SMILES string of the molecule is CCCc1cc2c(C)ccc(C)c2nc1NC. The van der Waals surface area contributed by atoms with E-state index in [-0.39, 0.29) is 0 Å². The molecule has 0 unspecified atom stereocenters. The Morgan fingerprint density at radius 2 is 1.88 bits per heavy atom. The van der Waals surface area contributed by atoms with Crippen molar-refractivity contribution >= 4 is 16.7 Å². The number of nitrogens with one attached hydrogen (secondary N) is 1. The zero-order valence-corrected chi connectivity index (χ0v) is 11.1. The van der Waals surface area contributed by atoms with Gasteiger partial charge in [0, 0.05) is 12.4 Å². The van der Waals surface area contributed by atoms with E-state index in [4.69, 9.17) is 4.98 Å². The predicted octanol–water partition coefficient (Wildman–Crippen LogP) is 3.85. The molecule has 0 bridgehead atoms. The van der Waals surface area contributed by atoms with Crippen LogP contribution in [0, 0.1) is 13.8 Å². The van der Waals surface area contributed by atoms with E-state index in [2.05, 4.69) is 44.3 Å². The van der Waals surface area contributed by atoms with E-state index in [0.29, 0.717) is 0 Å². The number of hydrogen-bond donors (Lipinski definition) is 1. The first-order valence-electron chi connectivity index (χ1n) is 6.25. The molecule has 17 heavy (non-hydrogen) atoms. The Kier molecular flexibility index (Phi) is 3.32. The molecule has 0 aliphatic heterocycles. The highest BCUT2D eigenvalue weighted by Gasteiger charge is 2.08. The maximum atomic E-state index is 4.76. The van der Waals surface area contributed by atoms with Crippen LogP contribution in [0.4, 0.5) is 5.82 Å². The molecular weight excluding hydrogens is 208 g/mol. The lowest BCUT2D eigenvalue weighted by Crippen LogP contribution is -2.00. The molecule has 1 aromatic carbocycles. The van der Waals surface area contributed by atoms with Gasteiger partial charge in [0.15, 0.2) is 0 Å². The molecule has 1 heterocycles. The third kappa shape index (κ3) is 2.12. The molecule has 0 fully saturated rings. The van der Waals surface area contributed by atoms with Crippen molar-refractivity contribution in [3.05, 3.63) is 34.9 Å². The molecule has 0 aliphatic rings. The molecule has 1 N–H and O–H groups in total. The number of rotatable bonds is 3. The highest BCUT2D eigenvalue weighted by atomic mass is 15.0. The molecule has 0 spiro atoms. The fourth-order valence-electron chi connectivity index (χ4n) is 2.25. The Morgan fingerprint density at radius 3 is 2.53 bits per heavy atom. The fourth-order valence-corrected chi connectivity index (χ4v) is 2.25. The summed E-state index contributed by atoms with van der Waals surface area (Å²) in [5.74, 6) is 1.02. The first-order valence-corrected chi connectivity index (χ1v) is 6.25. The zero-order chi connectivity index (χ0) is 12.4. The van der Waals surface area contributed by atoms with Crippen molar-refractivity contribution in [1.82, 2.24) is 4.98 Å². The average molecular weight is 228 g/mol. The summed E-state index contributed by atoms with van der Waals surface area (Å²) in [6.07, 6.45) is 2.22. The zero-order valence-electron chi connectivity index (χ0n) is 11.1. The minimum absolute atomic E-state index is 1.02. The molecule has 0 atom stereocenters. The molecule has 1 aromatic heterocycles. The van der Waals surface area contributed by atoms with Gasteiger partial charge in [0.05, 0.1) is 5.52 Å². The van der Waals surface area contributed by atoms with Gasteiger partial charge < -0.3 is 5.32 Å². The average Bonchev–Trinajstić information content (AvgIpc) is 2.34. The summed E-state index contributed by atoms with van der Waals surface area (Å²) < 4.78 is 0. The van der Waals surface area contributed by atoms with Crippen molar-refractivity contribution in [2.75, 3.05) is 12.4 Å². The van der Waals surface area contributed by atoms with Crippen molar-refractivity contribution < 1.29 is 0 Å². The van der Waals surface area contributed by atoms with Gasteiger partial charge in [-0.05, 0) is 43.0 Å². The molecule has 0 amide bonds. The largest absolute Gasteiger partial charge is 0.373 e. The Bertz CT molecular complexity index is 544. The molecule has 2 nitrogen and oxygen atoms in total. The van der Waals surface area contributed by atoms with Crippen LogP contribution < -0.4 is 5.32 Å². The minimum atomic E-state index is 1.02. The lowest BCUT2D eigenvalue weighted by molar-refractivity contribution is 0.918. The molecular formula is C15H20N2. The quantitative estimate of drug-likeness (QED) is 0.863. The topological polar surface area (TPSA) is 24.9 Å².